The number of halogens is 2. The summed E-state index contributed by atoms with van der Waals surface area (Å²) in [6, 6.07) is 13.5. The molecule has 0 amide bonds. The average molecular weight is 343 g/mol. The van der Waals surface area contributed by atoms with Crippen LogP contribution in [0, 0.1) is 0 Å². The van der Waals surface area contributed by atoms with Crippen LogP contribution in [-0.2, 0) is 0 Å². The summed E-state index contributed by atoms with van der Waals surface area (Å²) in [5, 5.41) is 20.9. The van der Waals surface area contributed by atoms with Gasteiger partial charge in [0.25, 0.3) is 0 Å². The second-order valence-corrected chi connectivity index (χ2v) is 5.54. The van der Waals surface area contributed by atoms with Crippen LogP contribution in [0.4, 0.5) is 0 Å². The SMILES string of the molecule is O[C@@H](COc1ccc(Cl)cc1)[C@@H](O)COc1ccc(Cl)cc1. The minimum Gasteiger partial charge on any atom is -0.491 e. The molecule has 2 aromatic rings. The van der Waals surface area contributed by atoms with E-state index in [2.05, 4.69) is 0 Å². The van der Waals surface area contributed by atoms with Gasteiger partial charge in [0.15, 0.2) is 0 Å². The summed E-state index contributed by atoms with van der Waals surface area (Å²) in [4.78, 5) is 0. The third-order valence-corrected chi connectivity index (χ3v) is 3.42. The zero-order chi connectivity index (χ0) is 15.9. The fraction of sp³-hybridized carbons (Fsp3) is 0.250. The largest absolute Gasteiger partial charge is 0.491 e. The number of hydrogen-bond donors (Lipinski definition) is 2. The zero-order valence-electron chi connectivity index (χ0n) is 11.7. The van der Waals surface area contributed by atoms with Crippen LogP contribution in [-0.4, -0.2) is 35.6 Å². The molecule has 0 aliphatic rings. The van der Waals surface area contributed by atoms with Crippen LogP contribution in [0.2, 0.25) is 10.0 Å². The molecule has 2 rings (SSSR count). The lowest BCUT2D eigenvalue weighted by molar-refractivity contribution is -0.0288. The minimum atomic E-state index is -1.07. The van der Waals surface area contributed by atoms with Gasteiger partial charge >= 0.3 is 0 Å². The molecule has 2 N–H and O–H groups in total. The molecule has 22 heavy (non-hydrogen) atoms. The monoisotopic (exact) mass is 342 g/mol. The molecule has 0 unspecified atom stereocenters. The number of aliphatic hydroxyl groups excluding tert-OH is 2. The summed E-state index contributed by atoms with van der Waals surface area (Å²) in [6.07, 6.45) is -2.13. The number of rotatable bonds is 7. The lowest BCUT2D eigenvalue weighted by Gasteiger charge is -2.19. The molecule has 0 bridgehead atoms. The predicted molar refractivity (Wildman–Crippen MR) is 85.9 cm³/mol. The number of aliphatic hydroxyl groups is 2. The van der Waals surface area contributed by atoms with E-state index in [1.165, 1.54) is 0 Å². The summed E-state index contributed by atoms with van der Waals surface area (Å²) in [5.41, 5.74) is 0. The van der Waals surface area contributed by atoms with E-state index in [0.717, 1.165) is 0 Å². The van der Waals surface area contributed by atoms with Crippen molar-refractivity contribution in [1.29, 1.82) is 0 Å². The van der Waals surface area contributed by atoms with E-state index in [-0.39, 0.29) is 13.2 Å². The van der Waals surface area contributed by atoms with Crippen molar-refractivity contribution in [3.8, 4) is 11.5 Å². The predicted octanol–water partition coefficient (Wildman–Crippen LogP) is 3.17. The first-order valence-electron chi connectivity index (χ1n) is 6.67. The van der Waals surface area contributed by atoms with Gasteiger partial charge in [0, 0.05) is 10.0 Å². The van der Waals surface area contributed by atoms with Crippen molar-refractivity contribution in [2.75, 3.05) is 13.2 Å². The molecule has 118 valence electrons. The van der Waals surface area contributed by atoms with Gasteiger partial charge in [0.2, 0.25) is 0 Å². The molecule has 0 spiro atoms. The van der Waals surface area contributed by atoms with Gasteiger partial charge in [-0.2, -0.15) is 0 Å². The summed E-state index contributed by atoms with van der Waals surface area (Å²) in [6.45, 7) is -0.0977. The van der Waals surface area contributed by atoms with Crippen LogP contribution in [0.1, 0.15) is 0 Å². The van der Waals surface area contributed by atoms with E-state index in [9.17, 15) is 10.2 Å². The van der Waals surface area contributed by atoms with Gasteiger partial charge in [-0.15, -0.1) is 0 Å². The van der Waals surface area contributed by atoms with Crippen molar-refractivity contribution in [2.45, 2.75) is 12.2 Å². The molecular formula is C16H16Cl2O4. The van der Waals surface area contributed by atoms with Crippen molar-refractivity contribution in [1.82, 2.24) is 0 Å². The van der Waals surface area contributed by atoms with Crippen LogP contribution < -0.4 is 9.47 Å². The Bertz CT molecular complexity index is 518. The molecule has 0 fully saturated rings. The van der Waals surface area contributed by atoms with E-state index in [0.29, 0.717) is 21.5 Å². The second-order valence-electron chi connectivity index (χ2n) is 4.66. The van der Waals surface area contributed by atoms with E-state index >= 15 is 0 Å². The van der Waals surface area contributed by atoms with E-state index in [1.807, 2.05) is 0 Å². The van der Waals surface area contributed by atoms with E-state index in [4.69, 9.17) is 32.7 Å². The smallest absolute Gasteiger partial charge is 0.119 e. The zero-order valence-corrected chi connectivity index (χ0v) is 13.2. The van der Waals surface area contributed by atoms with Gasteiger partial charge in [-0.25, -0.2) is 0 Å². The quantitative estimate of drug-likeness (QED) is 0.811. The Morgan fingerprint density at radius 3 is 1.32 bits per heavy atom. The van der Waals surface area contributed by atoms with Crippen molar-refractivity contribution in [3.63, 3.8) is 0 Å². The lowest BCUT2D eigenvalue weighted by atomic mass is 10.2. The van der Waals surface area contributed by atoms with Gasteiger partial charge in [-0.05, 0) is 48.5 Å². The number of ether oxygens (including phenoxy) is 2. The summed E-state index contributed by atoms with van der Waals surface area (Å²) >= 11 is 11.5. The van der Waals surface area contributed by atoms with Crippen molar-refractivity contribution < 1.29 is 19.7 Å². The Morgan fingerprint density at radius 2 is 1.00 bits per heavy atom. The van der Waals surface area contributed by atoms with Gasteiger partial charge < -0.3 is 19.7 Å². The Morgan fingerprint density at radius 1 is 0.682 bits per heavy atom. The van der Waals surface area contributed by atoms with Crippen LogP contribution in [0.25, 0.3) is 0 Å². The van der Waals surface area contributed by atoms with Gasteiger partial charge in [0.1, 0.15) is 36.9 Å². The molecule has 4 nitrogen and oxygen atoms in total. The summed E-state index contributed by atoms with van der Waals surface area (Å²) in [7, 11) is 0. The summed E-state index contributed by atoms with van der Waals surface area (Å²) in [5.74, 6) is 1.13. The number of hydrogen-bond acceptors (Lipinski definition) is 4. The molecular weight excluding hydrogens is 327 g/mol. The highest BCUT2D eigenvalue weighted by Crippen LogP contribution is 2.17. The lowest BCUT2D eigenvalue weighted by Crippen LogP contribution is -2.36. The average Bonchev–Trinajstić information content (AvgIpc) is 2.53. The fourth-order valence-electron chi connectivity index (χ4n) is 1.65. The fourth-order valence-corrected chi connectivity index (χ4v) is 1.90. The molecule has 0 saturated heterocycles. The first kappa shape index (κ1) is 16.9. The molecule has 0 radical (unpaired) electrons. The highest BCUT2D eigenvalue weighted by molar-refractivity contribution is 6.30. The molecule has 2 aromatic carbocycles. The van der Waals surface area contributed by atoms with Crippen LogP contribution in [0.15, 0.2) is 48.5 Å². The minimum absolute atomic E-state index is 0.0488. The summed E-state index contributed by atoms with van der Waals surface area (Å²) < 4.78 is 10.7. The maximum Gasteiger partial charge on any atom is 0.119 e. The van der Waals surface area contributed by atoms with Crippen LogP contribution in [0.3, 0.4) is 0 Å². The second kappa shape index (κ2) is 8.25. The maximum atomic E-state index is 9.85. The maximum absolute atomic E-state index is 9.85. The Hall–Kier alpha value is -1.46. The Balaban J connectivity index is 1.75. The highest BCUT2D eigenvalue weighted by atomic mass is 35.5. The first-order valence-corrected chi connectivity index (χ1v) is 7.43. The standard InChI is InChI=1S/C16H16Cl2O4/c17-11-1-5-13(6-2-11)21-9-15(19)16(20)10-22-14-7-3-12(18)4-8-14/h1-8,15-16,19-20H,9-10H2/t15-,16-/m0/s1. The van der Waals surface area contributed by atoms with Crippen molar-refractivity contribution in [2.24, 2.45) is 0 Å². The Kier molecular flexibility index (Phi) is 6.34. The van der Waals surface area contributed by atoms with Crippen molar-refractivity contribution in [3.05, 3.63) is 58.6 Å². The highest BCUT2D eigenvalue weighted by Gasteiger charge is 2.18. The molecule has 0 saturated carbocycles. The van der Waals surface area contributed by atoms with Gasteiger partial charge in [-0.1, -0.05) is 23.2 Å². The molecule has 2 atom stereocenters. The molecule has 0 aliphatic heterocycles. The molecule has 6 heteroatoms. The van der Waals surface area contributed by atoms with Crippen LogP contribution >= 0.6 is 23.2 Å². The van der Waals surface area contributed by atoms with E-state index < -0.39 is 12.2 Å². The van der Waals surface area contributed by atoms with Crippen molar-refractivity contribution >= 4 is 23.2 Å². The third-order valence-electron chi connectivity index (χ3n) is 2.91. The van der Waals surface area contributed by atoms with Crippen LogP contribution in [0.5, 0.6) is 11.5 Å². The molecule has 0 aromatic heterocycles. The molecule has 0 heterocycles. The topological polar surface area (TPSA) is 58.9 Å². The molecule has 0 aliphatic carbocycles. The van der Waals surface area contributed by atoms with Gasteiger partial charge in [0.05, 0.1) is 0 Å². The Labute approximate surface area is 138 Å². The van der Waals surface area contributed by atoms with E-state index in [1.54, 1.807) is 48.5 Å². The normalized spacial score (nSPS) is 13.5. The first-order chi connectivity index (χ1) is 10.5. The van der Waals surface area contributed by atoms with Gasteiger partial charge in [-0.3, -0.25) is 0 Å². The third kappa shape index (κ3) is 5.39. The number of benzene rings is 2.